The molecule has 6 heteroatoms. The summed E-state index contributed by atoms with van der Waals surface area (Å²) in [6.45, 7) is 0. The lowest BCUT2D eigenvalue weighted by atomic mass is 10.1. The van der Waals surface area contributed by atoms with Gasteiger partial charge in [-0.1, -0.05) is 41.9 Å². The van der Waals surface area contributed by atoms with Crippen molar-refractivity contribution in [3.8, 4) is 16.9 Å². The number of allylic oxidation sites excluding steroid dienone is 1. The molecule has 29 heavy (non-hydrogen) atoms. The Kier molecular flexibility index (Phi) is 5.22. The van der Waals surface area contributed by atoms with Crippen LogP contribution < -0.4 is 5.69 Å². The van der Waals surface area contributed by atoms with Gasteiger partial charge >= 0.3 is 5.69 Å². The first-order chi connectivity index (χ1) is 14.1. The summed E-state index contributed by atoms with van der Waals surface area (Å²) >= 11 is 5.87. The van der Waals surface area contributed by atoms with E-state index in [0.717, 1.165) is 11.1 Å². The Morgan fingerprint density at radius 3 is 2.66 bits per heavy atom. The number of aromatic amines is 1. The van der Waals surface area contributed by atoms with Gasteiger partial charge in [-0.3, -0.25) is 14.3 Å². The van der Waals surface area contributed by atoms with E-state index in [1.165, 1.54) is 10.6 Å². The molecule has 0 atom stereocenters. The molecule has 5 nitrogen and oxygen atoms in total. The number of hydrogen-bond donors (Lipinski definition) is 1. The van der Waals surface area contributed by atoms with Crippen molar-refractivity contribution in [2.24, 2.45) is 0 Å². The van der Waals surface area contributed by atoms with Crippen LogP contribution in [0.25, 0.3) is 23.0 Å². The SMILES string of the molecule is O=C(/C=C/c1ccc(Cl)cc1)c1cccc(-n2cc(-c3cccnc3)[nH]c2=O)c1. The molecule has 0 aliphatic rings. The maximum atomic E-state index is 12.6. The standard InChI is InChI=1S/C23H16ClN3O2/c24-19-9-6-16(7-10-19)8-11-22(28)17-3-1-5-20(13-17)27-15-21(26-23(27)29)18-4-2-12-25-14-18/h1-15H,(H,26,29)/b11-8+. The van der Waals surface area contributed by atoms with E-state index >= 15 is 0 Å². The summed E-state index contributed by atoms with van der Waals surface area (Å²) in [6.07, 6.45) is 8.28. The lowest BCUT2D eigenvalue weighted by Crippen LogP contribution is -2.14. The van der Waals surface area contributed by atoms with Gasteiger partial charge in [0.1, 0.15) is 0 Å². The van der Waals surface area contributed by atoms with Crippen molar-refractivity contribution in [3.05, 3.63) is 112 Å². The number of rotatable bonds is 5. The van der Waals surface area contributed by atoms with E-state index in [0.29, 0.717) is 22.0 Å². The third kappa shape index (κ3) is 4.25. The zero-order valence-electron chi connectivity index (χ0n) is 15.2. The molecule has 1 N–H and O–H groups in total. The lowest BCUT2D eigenvalue weighted by Gasteiger charge is -2.03. The topological polar surface area (TPSA) is 67.8 Å². The minimum atomic E-state index is -0.287. The molecule has 2 aromatic carbocycles. The highest BCUT2D eigenvalue weighted by Crippen LogP contribution is 2.17. The molecule has 142 valence electrons. The molecule has 4 rings (SSSR count). The molecule has 0 saturated carbocycles. The van der Waals surface area contributed by atoms with Crippen LogP contribution in [-0.2, 0) is 0 Å². The summed E-state index contributed by atoms with van der Waals surface area (Å²) in [4.78, 5) is 31.9. The summed E-state index contributed by atoms with van der Waals surface area (Å²) in [7, 11) is 0. The van der Waals surface area contributed by atoms with E-state index < -0.39 is 0 Å². The first kappa shape index (κ1) is 18.7. The number of nitrogens with zero attached hydrogens (tertiary/aromatic N) is 2. The van der Waals surface area contributed by atoms with Gasteiger partial charge in [0, 0.05) is 34.7 Å². The summed E-state index contributed by atoms with van der Waals surface area (Å²) in [5.41, 5.74) is 3.15. The van der Waals surface area contributed by atoms with Gasteiger partial charge in [0.05, 0.1) is 11.4 Å². The van der Waals surface area contributed by atoms with E-state index in [-0.39, 0.29) is 11.5 Å². The number of nitrogens with one attached hydrogen (secondary N) is 1. The van der Waals surface area contributed by atoms with Crippen molar-refractivity contribution in [2.75, 3.05) is 0 Å². The van der Waals surface area contributed by atoms with Crippen LogP contribution >= 0.6 is 11.6 Å². The minimum Gasteiger partial charge on any atom is -0.305 e. The number of aromatic nitrogens is 3. The van der Waals surface area contributed by atoms with Gasteiger partial charge < -0.3 is 4.98 Å². The highest BCUT2D eigenvalue weighted by molar-refractivity contribution is 6.30. The van der Waals surface area contributed by atoms with Crippen LogP contribution in [-0.4, -0.2) is 20.3 Å². The quantitative estimate of drug-likeness (QED) is 0.386. The minimum absolute atomic E-state index is 0.155. The zero-order chi connectivity index (χ0) is 20.2. The number of benzene rings is 2. The highest BCUT2D eigenvalue weighted by atomic mass is 35.5. The molecule has 4 aromatic rings. The van der Waals surface area contributed by atoms with Crippen molar-refractivity contribution < 1.29 is 4.79 Å². The van der Waals surface area contributed by atoms with E-state index in [4.69, 9.17) is 11.6 Å². The number of halogens is 1. The maximum Gasteiger partial charge on any atom is 0.330 e. The maximum absolute atomic E-state index is 12.6. The van der Waals surface area contributed by atoms with Gasteiger partial charge in [0.2, 0.25) is 0 Å². The van der Waals surface area contributed by atoms with Gasteiger partial charge in [-0.2, -0.15) is 0 Å². The molecule has 0 fully saturated rings. The molecular formula is C23H16ClN3O2. The Bertz CT molecular complexity index is 1240. The Morgan fingerprint density at radius 1 is 1.07 bits per heavy atom. The van der Waals surface area contributed by atoms with Gasteiger partial charge in [-0.15, -0.1) is 0 Å². The molecule has 2 heterocycles. The molecular weight excluding hydrogens is 386 g/mol. The van der Waals surface area contributed by atoms with Crippen molar-refractivity contribution in [1.29, 1.82) is 0 Å². The van der Waals surface area contributed by atoms with Crippen molar-refractivity contribution >= 4 is 23.5 Å². The van der Waals surface area contributed by atoms with Crippen LogP contribution in [0, 0.1) is 0 Å². The van der Waals surface area contributed by atoms with Crippen molar-refractivity contribution in [3.63, 3.8) is 0 Å². The van der Waals surface area contributed by atoms with E-state index in [9.17, 15) is 9.59 Å². The number of imidazole rings is 1. The van der Waals surface area contributed by atoms with Crippen LogP contribution in [0.3, 0.4) is 0 Å². The van der Waals surface area contributed by atoms with Crippen LogP contribution in [0.15, 0.2) is 90.1 Å². The molecule has 0 aliphatic carbocycles. The normalized spacial score (nSPS) is 11.1. The molecule has 0 saturated heterocycles. The second kappa shape index (κ2) is 8.12. The smallest absolute Gasteiger partial charge is 0.305 e. The van der Waals surface area contributed by atoms with Gasteiger partial charge in [0.15, 0.2) is 5.78 Å². The van der Waals surface area contributed by atoms with E-state index in [2.05, 4.69) is 9.97 Å². The molecule has 0 unspecified atom stereocenters. The molecule has 0 spiro atoms. The van der Waals surface area contributed by atoms with Crippen LogP contribution in [0.1, 0.15) is 15.9 Å². The van der Waals surface area contributed by atoms with E-state index in [1.807, 2.05) is 18.2 Å². The number of carbonyl (C=O) groups is 1. The number of hydrogen-bond acceptors (Lipinski definition) is 3. The lowest BCUT2D eigenvalue weighted by molar-refractivity contribution is 0.104. The first-order valence-electron chi connectivity index (χ1n) is 8.91. The molecule has 0 aliphatic heterocycles. The molecule has 2 aromatic heterocycles. The Morgan fingerprint density at radius 2 is 1.90 bits per heavy atom. The molecule has 0 radical (unpaired) electrons. The second-order valence-corrected chi connectivity index (χ2v) is 6.82. The Balaban J connectivity index is 1.61. The number of pyridine rings is 1. The highest BCUT2D eigenvalue weighted by Gasteiger charge is 2.09. The second-order valence-electron chi connectivity index (χ2n) is 6.38. The largest absolute Gasteiger partial charge is 0.330 e. The molecule has 0 amide bonds. The first-order valence-corrected chi connectivity index (χ1v) is 9.28. The monoisotopic (exact) mass is 401 g/mol. The number of ketones is 1. The van der Waals surface area contributed by atoms with Crippen LogP contribution in [0.5, 0.6) is 0 Å². The fraction of sp³-hybridized carbons (Fsp3) is 0. The predicted octanol–water partition coefficient (Wildman–Crippen LogP) is 4.78. The fourth-order valence-corrected chi connectivity index (χ4v) is 3.03. The van der Waals surface area contributed by atoms with Crippen molar-refractivity contribution in [1.82, 2.24) is 14.5 Å². The number of H-pyrrole nitrogens is 1. The fourth-order valence-electron chi connectivity index (χ4n) is 2.91. The third-order valence-electron chi connectivity index (χ3n) is 4.40. The Labute approximate surface area is 171 Å². The van der Waals surface area contributed by atoms with Crippen LogP contribution in [0.4, 0.5) is 0 Å². The van der Waals surface area contributed by atoms with Gasteiger partial charge in [-0.05, 0) is 48.0 Å². The van der Waals surface area contributed by atoms with Gasteiger partial charge in [0.25, 0.3) is 0 Å². The summed E-state index contributed by atoms with van der Waals surface area (Å²) in [5.74, 6) is -0.155. The molecule has 0 bridgehead atoms. The summed E-state index contributed by atoms with van der Waals surface area (Å²) in [5, 5.41) is 0.642. The number of carbonyl (C=O) groups excluding carboxylic acids is 1. The average Bonchev–Trinajstić information content (AvgIpc) is 3.15. The van der Waals surface area contributed by atoms with Gasteiger partial charge in [-0.25, -0.2) is 4.79 Å². The zero-order valence-corrected chi connectivity index (χ0v) is 16.0. The Hall–Kier alpha value is -3.70. The summed E-state index contributed by atoms with van der Waals surface area (Å²) < 4.78 is 1.47. The summed E-state index contributed by atoms with van der Waals surface area (Å²) in [6, 6.07) is 17.8. The van der Waals surface area contributed by atoms with E-state index in [1.54, 1.807) is 67.1 Å². The average molecular weight is 402 g/mol. The van der Waals surface area contributed by atoms with Crippen LogP contribution in [0.2, 0.25) is 5.02 Å². The predicted molar refractivity (Wildman–Crippen MR) is 114 cm³/mol. The van der Waals surface area contributed by atoms with Crippen molar-refractivity contribution in [2.45, 2.75) is 0 Å². The third-order valence-corrected chi connectivity index (χ3v) is 4.65.